The quantitative estimate of drug-likeness (QED) is 0.633. The lowest BCUT2D eigenvalue weighted by Crippen LogP contribution is -2.40. The van der Waals surface area contributed by atoms with Crippen molar-refractivity contribution in [3.8, 4) is 0 Å². The average Bonchev–Trinajstić information content (AvgIpc) is 2.49. The summed E-state index contributed by atoms with van der Waals surface area (Å²) < 4.78 is 10.5. The van der Waals surface area contributed by atoms with Gasteiger partial charge in [-0.1, -0.05) is 13.0 Å². The number of ether oxygens (including phenoxy) is 2. The van der Waals surface area contributed by atoms with Crippen LogP contribution in [0.3, 0.4) is 0 Å². The Morgan fingerprint density at radius 2 is 2.14 bits per heavy atom. The predicted molar refractivity (Wildman–Crippen MR) is 86.8 cm³/mol. The number of hydrogen-bond donors (Lipinski definition) is 1. The van der Waals surface area contributed by atoms with Crippen molar-refractivity contribution in [2.75, 3.05) is 45.4 Å². The van der Waals surface area contributed by atoms with E-state index in [2.05, 4.69) is 35.1 Å². The molecule has 0 aromatic carbocycles. The predicted octanol–water partition coefficient (Wildman–Crippen LogP) is 2.07. The third-order valence-electron chi connectivity index (χ3n) is 3.36. The molecule has 0 spiro atoms. The van der Waals surface area contributed by atoms with Gasteiger partial charge < -0.3 is 19.7 Å². The molecule has 5 nitrogen and oxygen atoms in total. The number of nitrogens with zero attached hydrogens (tertiary/aromatic N) is 2. The maximum absolute atomic E-state index is 5.30. The van der Waals surface area contributed by atoms with Crippen LogP contribution in [0.5, 0.6) is 0 Å². The van der Waals surface area contributed by atoms with E-state index in [1.165, 1.54) is 5.56 Å². The van der Waals surface area contributed by atoms with Crippen molar-refractivity contribution in [2.24, 2.45) is 0 Å². The van der Waals surface area contributed by atoms with Gasteiger partial charge in [0.2, 0.25) is 0 Å². The molecular weight excluding hydrogens is 266 g/mol. The number of pyridine rings is 1. The lowest BCUT2D eigenvalue weighted by atomic mass is 10.2. The summed E-state index contributed by atoms with van der Waals surface area (Å²) in [5, 5.41) is 3.44. The van der Waals surface area contributed by atoms with Crippen molar-refractivity contribution in [3.05, 3.63) is 23.9 Å². The molecule has 21 heavy (non-hydrogen) atoms. The van der Waals surface area contributed by atoms with Crippen molar-refractivity contribution in [2.45, 2.75) is 32.9 Å². The van der Waals surface area contributed by atoms with E-state index < -0.39 is 0 Å². The zero-order valence-electron chi connectivity index (χ0n) is 13.8. The molecule has 1 rings (SSSR count). The van der Waals surface area contributed by atoms with E-state index in [0.717, 1.165) is 31.9 Å². The Balaban J connectivity index is 2.88. The largest absolute Gasteiger partial charge is 0.383 e. The molecule has 5 heteroatoms. The Hall–Kier alpha value is -1.17. The summed E-state index contributed by atoms with van der Waals surface area (Å²) in [7, 11) is 3.45. The van der Waals surface area contributed by atoms with E-state index in [1.807, 2.05) is 12.3 Å². The maximum Gasteiger partial charge on any atom is 0.133 e. The highest BCUT2D eigenvalue weighted by Gasteiger charge is 2.18. The SMILES string of the molecule is CCCNCc1cccnc1N(CCOC)C(C)COC. The second-order valence-corrected chi connectivity index (χ2v) is 5.15. The highest BCUT2D eigenvalue weighted by atomic mass is 16.5. The summed E-state index contributed by atoms with van der Waals surface area (Å²) in [5.74, 6) is 1.02. The number of rotatable bonds is 11. The number of aromatic nitrogens is 1. The minimum atomic E-state index is 0.255. The Labute approximate surface area is 128 Å². The minimum Gasteiger partial charge on any atom is -0.383 e. The van der Waals surface area contributed by atoms with Crippen molar-refractivity contribution in [1.29, 1.82) is 0 Å². The third-order valence-corrected chi connectivity index (χ3v) is 3.36. The number of hydrogen-bond acceptors (Lipinski definition) is 5. The standard InChI is InChI=1S/C16H29N3O2/c1-5-8-17-12-15-7-6-9-18-16(15)19(10-11-20-3)14(2)13-21-4/h6-7,9,14,17H,5,8,10-13H2,1-4H3. The number of nitrogens with one attached hydrogen (secondary N) is 1. The van der Waals surface area contributed by atoms with Gasteiger partial charge in [-0.15, -0.1) is 0 Å². The first-order valence-corrected chi connectivity index (χ1v) is 7.63. The van der Waals surface area contributed by atoms with E-state index in [0.29, 0.717) is 13.2 Å². The molecule has 0 saturated carbocycles. The number of anilines is 1. The van der Waals surface area contributed by atoms with Gasteiger partial charge in [0.25, 0.3) is 0 Å². The third kappa shape index (κ3) is 5.99. The van der Waals surface area contributed by atoms with Crippen LogP contribution in [0.1, 0.15) is 25.8 Å². The molecule has 1 N–H and O–H groups in total. The smallest absolute Gasteiger partial charge is 0.133 e. The first-order valence-electron chi connectivity index (χ1n) is 7.63. The maximum atomic E-state index is 5.30. The van der Waals surface area contributed by atoms with E-state index >= 15 is 0 Å². The minimum absolute atomic E-state index is 0.255. The van der Waals surface area contributed by atoms with Gasteiger partial charge in [0, 0.05) is 39.1 Å². The van der Waals surface area contributed by atoms with E-state index in [4.69, 9.17) is 9.47 Å². The molecular formula is C16H29N3O2. The molecule has 0 bridgehead atoms. The second kappa shape index (κ2) is 10.5. The van der Waals surface area contributed by atoms with Gasteiger partial charge >= 0.3 is 0 Å². The van der Waals surface area contributed by atoms with Gasteiger partial charge in [-0.3, -0.25) is 0 Å². The molecule has 0 aliphatic carbocycles. The van der Waals surface area contributed by atoms with Gasteiger partial charge in [-0.2, -0.15) is 0 Å². The topological polar surface area (TPSA) is 46.6 Å². The van der Waals surface area contributed by atoms with Crippen LogP contribution in [0.25, 0.3) is 0 Å². The highest BCUT2D eigenvalue weighted by molar-refractivity contribution is 5.47. The van der Waals surface area contributed by atoms with Crippen LogP contribution in [-0.2, 0) is 16.0 Å². The zero-order chi connectivity index (χ0) is 15.5. The van der Waals surface area contributed by atoms with E-state index in [-0.39, 0.29) is 6.04 Å². The zero-order valence-corrected chi connectivity index (χ0v) is 13.8. The summed E-state index contributed by atoms with van der Waals surface area (Å²) in [4.78, 5) is 6.85. The highest BCUT2D eigenvalue weighted by Crippen LogP contribution is 2.19. The molecule has 0 fully saturated rings. The fourth-order valence-corrected chi connectivity index (χ4v) is 2.28. The lowest BCUT2D eigenvalue weighted by molar-refractivity contribution is 0.170. The Bertz CT molecular complexity index is 388. The Morgan fingerprint density at radius 1 is 1.33 bits per heavy atom. The molecule has 0 aliphatic rings. The average molecular weight is 295 g/mol. The monoisotopic (exact) mass is 295 g/mol. The van der Waals surface area contributed by atoms with Crippen molar-refractivity contribution in [1.82, 2.24) is 10.3 Å². The van der Waals surface area contributed by atoms with Crippen LogP contribution in [-0.4, -0.2) is 51.5 Å². The van der Waals surface area contributed by atoms with E-state index in [1.54, 1.807) is 14.2 Å². The van der Waals surface area contributed by atoms with Crippen LogP contribution in [0.15, 0.2) is 18.3 Å². The van der Waals surface area contributed by atoms with Crippen LogP contribution < -0.4 is 10.2 Å². The normalized spacial score (nSPS) is 12.4. The first kappa shape index (κ1) is 17.9. The van der Waals surface area contributed by atoms with Gasteiger partial charge in [0.05, 0.1) is 19.3 Å². The van der Waals surface area contributed by atoms with Gasteiger partial charge in [0.15, 0.2) is 0 Å². The van der Waals surface area contributed by atoms with Crippen LogP contribution in [0, 0.1) is 0 Å². The molecule has 0 saturated heterocycles. The van der Waals surface area contributed by atoms with Gasteiger partial charge in [-0.25, -0.2) is 4.98 Å². The lowest BCUT2D eigenvalue weighted by Gasteiger charge is -2.31. The molecule has 1 atom stereocenters. The van der Waals surface area contributed by atoms with Crippen molar-refractivity contribution in [3.63, 3.8) is 0 Å². The van der Waals surface area contributed by atoms with E-state index in [9.17, 15) is 0 Å². The molecule has 1 unspecified atom stereocenters. The summed E-state index contributed by atoms with van der Waals surface area (Å²) in [5.41, 5.74) is 1.21. The van der Waals surface area contributed by atoms with Gasteiger partial charge in [0.1, 0.15) is 5.82 Å². The molecule has 0 aliphatic heterocycles. The summed E-state index contributed by atoms with van der Waals surface area (Å²) >= 11 is 0. The van der Waals surface area contributed by atoms with Crippen molar-refractivity contribution < 1.29 is 9.47 Å². The molecule has 120 valence electrons. The molecule has 1 heterocycles. The first-order chi connectivity index (χ1) is 10.2. The fourth-order valence-electron chi connectivity index (χ4n) is 2.28. The van der Waals surface area contributed by atoms with Crippen molar-refractivity contribution >= 4 is 5.82 Å². The number of methoxy groups -OCH3 is 2. The summed E-state index contributed by atoms with van der Waals surface area (Å²) in [6.45, 7) is 8.31. The summed E-state index contributed by atoms with van der Waals surface area (Å²) in [6.07, 6.45) is 2.97. The summed E-state index contributed by atoms with van der Waals surface area (Å²) in [6, 6.07) is 4.37. The van der Waals surface area contributed by atoms with Crippen LogP contribution in [0.4, 0.5) is 5.82 Å². The second-order valence-electron chi connectivity index (χ2n) is 5.15. The molecule has 0 amide bonds. The fraction of sp³-hybridized carbons (Fsp3) is 0.688. The van der Waals surface area contributed by atoms with Crippen LogP contribution >= 0.6 is 0 Å². The molecule has 1 aromatic rings. The Morgan fingerprint density at radius 3 is 2.81 bits per heavy atom. The Kier molecular flexibility index (Phi) is 8.98. The molecule has 1 aromatic heterocycles. The van der Waals surface area contributed by atoms with Gasteiger partial charge in [-0.05, 0) is 26.0 Å². The molecule has 0 radical (unpaired) electrons. The van der Waals surface area contributed by atoms with Crippen LogP contribution in [0.2, 0.25) is 0 Å².